The Kier molecular flexibility index (Phi) is 3.03. The van der Waals surface area contributed by atoms with Gasteiger partial charge in [0.15, 0.2) is 0 Å². The van der Waals surface area contributed by atoms with Crippen molar-refractivity contribution in [3.63, 3.8) is 0 Å². The van der Waals surface area contributed by atoms with Crippen LogP contribution in [0.25, 0.3) is 16.7 Å². The van der Waals surface area contributed by atoms with E-state index in [1.54, 1.807) is 0 Å². The molecule has 0 atom stereocenters. The summed E-state index contributed by atoms with van der Waals surface area (Å²) in [5.74, 6) is 0. The Morgan fingerprint density at radius 1 is 1.32 bits per heavy atom. The Bertz CT molecular complexity index is 738. The van der Waals surface area contributed by atoms with Crippen LogP contribution in [0.2, 0.25) is 5.02 Å². The number of imidazole rings is 1. The maximum atomic E-state index is 12.4. The van der Waals surface area contributed by atoms with Gasteiger partial charge < -0.3 is 4.90 Å². The number of halogens is 2. The molecule has 19 heavy (non-hydrogen) atoms. The molecule has 5 heteroatoms. The lowest BCUT2D eigenvalue weighted by Gasteiger charge is -2.17. The number of anilines is 1. The van der Waals surface area contributed by atoms with Crippen LogP contribution < -0.4 is 4.90 Å². The number of rotatable bonds is 3. The molecule has 0 saturated carbocycles. The van der Waals surface area contributed by atoms with E-state index in [1.165, 1.54) is 0 Å². The molecule has 3 nitrogen and oxygen atoms in total. The van der Waals surface area contributed by atoms with E-state index in [1.807, 2.05) is 52.9 Å². The summed E-state index contributed by atoms with van der Waals surface area (Å²) in [5, 5.41) is 0.672. The Morgan fingerprint density at radius 3 is 2.95 bits per heavy atom. The molecule has 3 aromatic rings. The van der Waals surface area contributed by atoms with E-state index in [4.69, 9.17) is 11.6 Å². The summed E-state index contributed by atoms with van der Waals surface area (Å²) < 4.78 is 14.4. The number of alkyl halides is 1. The second-order valence-electron chi connectivity index (χ2n) is 4.47. The lowest BCUT2D eigenvalue weighted by Crippen LogP contribution is -2.19. The van der Waals surface area contributed by atoms with Crippen LogP contribution in [0, 0.1) is 0 Å². The number of benzene rings is 1. The molecule has 0 aliphatic rings. The Balaban J connectivity index is 2.15. The standard InChI is InChI=1S/C14H13ClFN3/c1-18(7-5-16)11-4-6-19-13-3-2-10(15)8-12(13)17-14(19)9-11/h2-4,6,8-9H,5,7H2,1H3. The largest absolute Gasteiger partial charge is 0.372 e. The van der Waals surface area contributed by atoms with Gasteiger partial charge in [0.1, 0.15) is 12.3 Å². The summed E-state index contributed by atoms with van der Waals surface area (Å²) in [6.07, 6.45) is 1.95. The first-order chi connectivity index (χ1) is 9.19. The summed E-state index contributed by atoms with van der Waals surface area (Å²) >= 11 is 5.97. The Morgan fingerprint density at radius 2 is 2.16 bits per heavy atom. The number of fused-ring (bicyclic) bond motifs is 3. The van der Waals surface area contributed by atoms with Gasteiger partial charge in [0.2, 0.25) is 0 Å². The minimum atomic E-state index is -0.367. The summed E-state index contributed by atoms with van der Waals surface area (Å²) in [4.78, 5) is 6.40. The van der Waals surface area contributed by atoms with Crippen molar-refractivity contribution >= 4 is 34.0 Å². The molecule has 98 valence electrons. The van der Waals surface area contributed by atoms with Crippen molar-refractivity contribution in [1.82, 2.24) is 9.38 Å². The van der Waals surface area contributed by atoms with E-state index in [-0.39, 0.29) is 6.67 Å². The molecule has 0 unspecified atom stereocenters. The Hall–Kier alpha value is -1.81. The summed E-state index contributed by atoms with van der Waals surface area (Å²) in [7, 11) is 1.87. The van der Waals surface area contributed by atoms with Crippen LogP contribution in [0.15, 0.2) is 36.5 Å². The van der Waals surface area contributed by atoms with Crippen LogP contribution in [-0.4, -0.2) is 29.7 Å². The van der Waals surface area contributed by atoms with Crippen molar-refractivity contribution in [2.75, 3.05) is 25.2 Å². The maximum Gasteiger partial charge on any atom is 0.139 e. The minimum absolute atomic E-state index is 0.367. The van der Waals surface area contributed by atoms with Crippen LogP contribution in [0.4, 0.5) is 10.1 Å². The fourth-order valence-electron chi connectivity index (χ4n) is 2.17. The van der Waals surface area contributed by atoms with Crippen LogP contribution in [0.1, 0.15) is 0 Å². The third-order valence-electron chi connectivity index (χ3n) is 3.21. The molecule has 2 aromatic heterocycles. The van der Waals surface area contributed by atoms with Crippen molar-refractivity contribution < 1.29 is 4.39 Å². The molecule has 0 fully saturated rings. The van der Waals surface area contributed by atoms with Crippen LogP contribution in [-0.2, 0) is 0 Å². The first kappa shape index (κ1) is 12.2. The molecule has 3 rings (SSSR count). The van der Waals surface area contributed by atoms with Crippen molar-refractivity contribution in [3.8, 4) is 0 Å². The Labute approximate surface area is 115 Å². The molecule has 2 heterocycles. The predicted molar refractivity (Wildman–Crippen MR) is 77.0 cm³/mol. The first-order valence-corrected chi connectivity index (χ1v) is 6.41. The highest BCUT2D eigenvalue weighted by molar-refractivity contribution is 6.31. The molecule has 0 spiro atoms. The van der Waals surface area contributed by atoms with E-state index in [2.05, 4.69) is 4.98 Å². The van der Waals surface area contributed by atoms with Crippen molar-refractivity contribution in [1.29, 1.82) is 0 Å². The molecule has 0 N–H and O–H groups in total. The highest BCUT2D eigenvalue weighted by atomic mass is 35.5. The van der Waals surface area contributed by atoms with Gasteiger partial charge in [0.05, 0.1) is 11.0 Å². The highest BCUT2D eigenvalue weighted by Crippen LogP contribution is 2.23. The molecular weight excluding hydrogens is 265 g/mol. The quantitative estimate of drug-likeness (QED) is 0.730. The summed E-state index contributed by atoms with van der Waals surface area (Å²) in [6.45, 7) is 0.00986. The average Bonchev–Trinajstić information content (AvgIpc) is 2.75. The van der Waals surface area contributed by atoms with E-state index in [0.29, 0.717) is 11.6 Å². The van der Waals surface area contributed by atoms with Crippen molar-refractivity contribution in [3.05, 3.63) is 41.6 Å². The van der Waals surface area contributed by atoms with Gasteiger partial charge in [0, 0.05) is 36.6 Å². The van der Waals surface area contributed by atoms with E-state index in [0.717, 1.165) is 22.4 Å². The second kappa shape index (κ2) is 4.70. The summed E-state index contributed by atoms with van der Waals surface area (Å²) in [6, 6.07) is 9.54. The molecule has 0 aliphatic heterocycles. The minimum Gasteiger partial charge on any atom is -0.372 e. The average molecular weight is 278 g/mol. The molecule has 0 saturated heterocycles. The van der Waals surface area contributed by atoms with Crippen LogP contribution in [0.5, 0.6) is 0 Å². The third-order valence-corrected chi connectivity index (χ3v) is 3.45. The zero-order chi connectivity index (χ0) is 13.4. The normalized spacial score (nSPS) is 11.3. The van der Waals surface area contributed by atoms with Crippen molar-refractivity contribution in [2.24, 2.45) is 0 Å². The van der Waals surface area contributed by atoms with Gasteiger partial charge in [-0.1, -0.05) is 11.6 Å². The van der Waals surface area contributed by atoms with Crippen molar-refractivity contribution in [2.45, 2.75) is 0 Å². The topological polar surface area (TPSA) is 20.5 Å². The third kappa shape index (κ3) is 2.12. The van der Waals surface area contributed by atoms with Gasteiger partial charge in [-0.3, -0.25) is 4.40 Å². The van der Waals surface area contributed by atoms with Crippen LogP contribution >= 0.6 is 11.6 Å². The second-order valence-corrected chi connectivity index (χ2v) is 4.90. The van der Waals surface area contributed by atoms with Crippen LogP contribution in [0.3, 0.4) is 0 Å². The zero-order valence-corrected chi connectivity index (χ0v) is 11.2. The van der Waals surface area contributed by atoms with Gasteiger partial charge in [0.25, 0.3) is 0 Å². The fraction of sp³-hybridized carbons (Fsp3) is 0.214. The van der Waals surface area contributed by atoms with Gasteiger partial charge in [-0.25, -0.2) is 9.37 Å². The number of hydrogen-bond acceptors (Lipinski definition) is 2. The van der Waals surface area contributed by atoms with E-state index in [9.17, 15) is 4.39 Å². The zero-order valence-electron chi connectivity index (χ0n) is 10.5. The lowest BCUT2D eigenvalue weighted by molar-refractivity contribution is 0.497. The highest BCUT2D eigenvalue weighted by Gasteiger charge is 2.07. The smallest absolute Gasteiger partial charge is 0.139 e. The van der Waals surface area contributed by atoms with Gasteiger partial charge >= 0.3 is 0 Å². The number of aromatic nitrogens is 2. The molecule has 1 aromatic carbocycles. The maximum absolute atomic E-state index is 12.4. The summed E-state index contributed by atoms with van der Waals surface area (Å²) in [5.41, 5.74) is 3.66. The number of nitrogens with zero attached hydrogens (tertiary/aromatic N) is 3. The van der Waals surface area contributed by atoms with Gasteiger partial charge in [-0.2, -0.15) is 0 Å². The number of pyridine rings is 1. The van der Waals surface area contributed by atoms with E-state index >= 15 is 0 Å². The lowest BCUT2D eigenvalue weighted by atomic mass is 10.3. The fourth-order valence-corrected chi connectivity index (χ4v) is 2.34. The monoisotopic (exact) mass is 277 g/mol. The molecule has 0 amide bonds. The molecule has 0 radical (unpaired) electrons. The predicted octanol–water partition coefficient (Wildman–Crippen LogP) is 3.55. The van der Waals surface area contributed by atoms with E-state index < -0.39 is 0 Å². The van der Waals surface area contributed by atoms with Gasteiger partial charge in [-0.15, -0.1) is 0 Å². The molecular formula is C14H13ClFN3. The number of hydrogen-bond donors (Lipinski definition) is 0. The molecule has 0 bridgehead atoms. The van der Waals surface area contributed by atoms with Gasteiger partial charge in [-0.05, 0) is 24.3 Å². The SMILES string of the molecule is CN(CCF)c1ccn2c(c1)nc1cc(Cl)ccc12. The molecule has 0 aliphatic carbocycles. The first-order valence-electron chi connectivity index (χ1n) is 6.03.